The van der Waals surface area contributed by atoms with Crippen LogP contribution in [0.2, 0.25) is 5.02 Å². The van der Waals surface area contributed by atoms with Gasteiger partial charge in [0.25, 0.3) is 0 Å². The van der Waals surface area contributed by atoms with Gasteiger partial charge in [-0.25, -0.2) is 9.59 Å². The van der Waals surface area contributed by atoms with Gasteiger partial charge in [-0.1, -0.05) is 54.1 Å². The number of amides is 2. The van der Waals surface area contributed by atoms with Crippen molar-refractivity contribution in [2.45, 2.75) is 19.0 Å². The molecule has 0 radical (unpaired) electrons. The van der Waals surface area contributed by atoms with Crippen LogP contribution in [0.4, 0.5) is 4.79 Å². The summed E-state index contributed by atoms with van der Waals surface area (Å²) in [6.45, 7) is 0.277. The number of urea groups is 1. The standard InChI is InChI=1S/C26H25ClN2O5/c1-33-22-9-5-3-7-18(22)15-28-26(32)29-13-12-17-6-2-4-8-20(17)25(29)21-14-19(27)10-11-23(21)34-16-24(30)31/h2-11,14,25H,12-13,15-16H2,1H3,(H,28,32)(H,30,31). The minimum absolute atomic E-state index is 0.255. The Kier molecular flexibility index (Phi) is 7.23. The average molecular weight is 481 g/mol. The van der Waals surface area contributed by atoms with Gasteiger partial charge < -0.3 is 24.8 Å². The van der Waals surface area contributed by atoms with E-state index in [0.717, 1.165) is 16.7 Å². The Labute approximate surface area is 202 Å². The molecule has 0 bridgehead atoms. The largest absolute Gasteiger partial charge is 0.496 e. The number of para-hydroxylation sites is 1. The van der Waals surface area contributed by atoms with E-state index < -0.39 is 18.6 Å². The second kappa shape index (κ2) is 10.5. The number of halogens is 1. The van der Waals surface area contributed by atoms with Crippen LogP contribution in [0.3, 0.4) is 0 Å². The fourth-order valence-corrected chi connectivity index (χ4v) is 4.43. The van der Waals surface area contributed by atoms with Crippen molar-refractivity contribution in [1.82, 2.24) is 10.2 Å². The first-order chi connectivity index (χ1) is 16.5. The lowest BCUT2D eigenvalue weighted by Gasteiger charge is -2.38. The van der Waals surface area contributed by atoms with Gasteiger partial charge in [0.2, 0.25) is 0 Å². The predicted octanol–water partition coefficient (Wildman–Crippen LogP) is 4.67. The van der Waals surface area contributed by atoms with Crippen molar-refractivity contribution in [3.63, 3.8) is 0 Å². The molecule has 2 N–H and O–H groups in total. The number of carboxylic acid groups (broad SMARTS) is 1. The number of hydrogen-bond acceptors (Lipinski definition) is 4. The van der Waals surface area contributed by atoms with Crippen molar-refractivity contribution in [3.8, 4) is 11.5 Å². The fraction of sp³-hybridized carbons (Fsp3) is 0.231. The minimum atomic E-state index is -1.09. The summed E-state index contributed by atoms with van der Waals surface area (Å²) in [5.41, 5.74) is 3.56. The Bertz CT molecular complexity index is 1200. The first-order valence-electron chi connectivity index (χ1n) is 10.9. The highest BCUT2D eigenvalue weighted by Gasteiger charge is 2.34. The number of carbonyl (C=O) groups is 2. The maximum absolute atomic E-state index is 13.4. The summed E-state index contributed by atoms with van der Waals surface area (Å²) in [6.07, 6.45) is 0.695. The van der Waals surface area contributed by atoms with Crippen molar-refractivity contribution < 1.29 is 24.2 Å². The lowest BCUT2D eigenvalue weighted by atomic mass is 9.88. The van der Waals surface area contributed by atoms with E-state index in [1.807, 2.05) is 48.5 Å². The zero-order chi connectivity index (χ0) is 24.1. The second-order valence-corrected chi connectivity index (χ2v) is 8.32. The maximum Gasteiger partial charge on any atom is 0.341 e. The monoisotopic (exact) mass is 480 g/mol. The predicted molar refractivity (Wildman–Crippen MR) is 129 cm³/mol. The number of aliphatic carboxylic acids is 1. The highest BCUT2D eigenvalue weighted by atomic mass is 35.5. The van der Waals surface area contributed by atoms with Crippen LogP contribution in [0.25, 0.3) is 0 Å². The van der Waals surface area contributed by atoms with Crippen molar-refractivity contribution in [1.29, 1.82) is 0 Å². The third-order valence-corrected chi connectivity index (χ3v) is 6.02. The third-order valence-electron chi connectivity index (χ3n) is 5.78. The molecule has 3 aromatic carbocycles. The summed E-state index contributed by atoms with van der Waals surface area (Å²) in [7, 11) is 1.59. The highest BCUT2D eigenvalue weighted by molar-refractivity contribution is 6.30. The molecule has 0 fully saturated rings. The third kappa shape index (κ3) is 5.10. The smallest absolute Gasteiger partial charge is 0.341 e. The van der Waals surface area contributed by atoms with Gasteiger partial charge in [-0.15, -0.1) is 0 Å². The Hall–Kier alpha value is -3.71. The number of ether oxygens (including phenoxy) is 2. The number of fused-ring (bicyclic) bond motifs is 1. The number of carboxylic acids is 1. The number of hydrogen-bond donors (Lipinski definition) is 2. The van der Waals surface area contributed by atoms with E-state index in [1.165, 1.54) is 0 Å². The van der Waals surface area contributed by atoms with E-state index >= 15 is 0 Å². The molecule has 1 atom stereocenters. The minimum Gasteiger partial charge on any atom is -0.496 e. The molecule has 8 heteroatoms. The number of benzene rings is 3. The van der Waals surface area contributed by atoms with Gasteiger partial charge in [-0.2, -0.15) is 0 Å². The number of nitrogens with zero attached hydrogens (tertiary/aromatic N) is 1. The Morgan fingerprint density at radius 1 is 1.06 bits per heavy atom. The van der Waals surface area contributed by atoms with Gasteiger partial charge in [0, 0.05) is 29.2 Å². The van der Waals surface area contributed by atoms with Gasteiger partial charge in [-0.05, 0) is 41.8 Å². The fourth-order valence-electron chi connectivity index (χ4n) is 4.25. The van der Waals surface area contributed by atoms with Crippen LogP contribution in [-0.4, -0.2) is 42.3 Å². The number of methoxy groups -OCH3 is 1. The van der Waals surface area contributed by atoms with Crippen molar-refractivity contribution >= 4 is 23.6 Å². The molecule has 0 spiro atoms. The van der Waals surface area contributed by atoms with Gasteiger partial charge in [0.05, 0.1) is 13.2 Å². The number of nitrogens with one attached hydrogen (secondary N) is 1. The van der Waals surface area contributed by atoms with Crippen LogP contribution in [-0.2, 0) is 17.8 Å². The summed E-state index contributed by atoms with van der Waals surface area (Å²) < 4.78 is 11.0. The van der Waals surface area contributed by atoms with Gasteiger partial charge in [-0.3, -0.25) is 0 Å². The van der Waals surface area contributed by atoms with Crippen LogP contribution in [0, 0.1) is 0 Å². The van der Waals surface area contributed by atoms with Crippen LogP contribution < -0.4 is 14.8 Å². The molecule has 0 aromatic heterocycles. The molecule has 3 aromatic rings. The van der Waals surface area contributed by atoms with Gasteiger partial charge >= 0.3 is 12.0 Å². The second-order valence-electron chi connectivity index (χ2n) is 7.88. The SMILES string of the molecule is COc1ccccc1CNC(=O)N1CCc2ccccc2C1c1cc(Cl)ccc1OCC(=O)O. The lowest BCUT2D eigenvalue weighted by Crippen LogP contribution is -2.46. The lowest BCUT2D eigenvalue weighted by molar-refractivity contribution is -0.139. The summed E-state index contributed by atoms with van der Waals surface area (Å²) >= 11 is 6.32. The zero-order valence-corrected chi connectivity index (χ0v) is 19.4. The first-order valence-corrected chi connectivity index (χ1v) is 11.2. The molecule has 1 heterocycles. The molecule has 176 valence electrons. The quantitative estimate of drug-likeness (QED) is 0.513. The van der Waals surface area contributed by atoms with Crippen LogP contribution in [0.1, 0.15) is 28.3 Å². The molecular formula is C26H25ClN2O5. The highest BCUT2D eigenvalue weighted by Crippen LogP contribution is 2.40. The van der Waals surface area contributed by atoms with E-state index in [2.05, 4.69) is 5.32 Å². The Morgan fingerprint density at radius 2 is 1.82 bits per heavy atom. The van der Waals surface area contributed by atoms with Crippen molar-refractivity contribution in [3.05, 3.63) is 94.0 Å². The molecule has 0 saturated carbocycles. The molecular weight excluding hydrogens is 456 g/mol. The van der Waals surface area contributed by atoms with Crippen LogP contribution >= 0.6 is 11.6 Å². The molecule has 0 aliphatic carbocycles. The molecule has 1 aliphatic heterocycles. The zero-order valence-electron chi connectivity index (χ0n) is 18.7. The van der Waals surface area contributed by atoms with Gasteiger partial charge in [0.15, 0.2) is 6.61 Å². The summed E-state index contributed by atoms with van der Waals surface area (Å²) in [5.74, 6) is -0.0186. The molecule has 1 unspecified atom stereocenters. The molecule has 4 rings (SSSR count). The van der Waals surface area contributed by atoms with E-state index in [-0.39, 0.29) is 6.03 Å². The Morgan fingerprint density at radius 3 is 2.62 bits per heavy atom. The van der Waals surface area contributed by atoms with Crippen LogP contribution in [0.15, 0.2) is 66.7 Å². The van der Waals surface area contributed by atoms with E-state index in [9.17, 15) is 9.59 Å². The first kappa shape index (κ1) is 23.4. The molecule has 2 amide bonds. The molecule has 7 nitrogen and oxygen atoms in total. The van der Waals surface area contributed by atoms with Crippen molar-refractivity contribution in [2.24, 2.45) is 0 Å². The topological polar surface area (TPSA) is 88.1 Å². The average Bonchev–Trinajstić information content (AvgIpc) is 2.85. The number of carbonyl (C=O) groups excluding carboxylic acids is 1. The Balaban J connectivity index is 1.68. The number of rotatable bonds is 7. The van der Waals surface area contributed by atoms with E-state index in [1.54, 1.807) is 30.2 Å². The molecule has 1 aliphatic rings. The summed E-state index contributed by atoms with van der Waals surface area (Å²) in [5, 5.41) is 12.6. The van der Waals surface area contributed by atoms with Crippen molar-refractivity contribution in [2.75, 3.05) is 20.3 Å². The summed E-state index contributed by atoms with van der Waals surface area (Å²) in [4.78, 5) is 26.3. The summed E-state index contributed by atoms with van der Waals surface area (Å²) in [6, 6.07) is 19.7. The van der Waals surface area contributed by atoms with E-state index in [0.29, 0.717) is 41.6 Å². The van der Waals surface area contributed by atoms with Gasteiger partial charge in [0.1, 0.15) is 11.5 Å². The molecule has 34 heavy (non-hydrogen) atoms. The van der Waals surface area contributed by atoms with Crippen LogP contribution in [0.5, 0.6) is 11.5 Å². The van der Waals surface area contributed by atoms with E-state index in [4.69, 9.17) is 26.2 Å². The maximum atomic E-state index is 13.4. The normalized spacial score (nSPS) is 14.8. The molecule has 0 saturated heterocycles.